The Morgan fingerprint density at radius 2 is 1.83 bits per heavy atom. The lowest BCUT2D eigenvalue weighted by atomic mass is 9.79. The van der Waals surface area contributed by atoms with E-state index in [2.05, 4.69) is 10.2 Å². The van der Waals surface area contributed by atoms with E-state index in [0.717, 1.165) is 38.8 Å². The van der Waals surface area contributed by atoms with E-state index in [1.807, 2.05) is 44.2 Å². The molecular weight excluding hydrogens is 380 g/mol. The van der Waals surface area contributed by atoms with Crippen LogP contribution in [0.15, 0.2) is 30.3 Å². The standard InChI is InChI=1S/C24H34N2O4/c1-3-30-22(27)16(2)13-26-14-19-20(15-26)21(19)25-23(28)24(29,18-11-7-8-12-18)17-9-5-4-6-10-17/h4-6,9-10,16,18-21,29H,3,7-8,11-15H2,1-2H3,(H,25,28)/t16?,19-,20?,21?,24?/m1/s1. The molecule has 30 heavy (non-hydrogen) atoms. The van der Waals surface area contributed by atoms with Crippen LogP contribution in [0.5, 0.6) is 0 Å². The van der Waals surface area contributed by atoms with E-state index in [9.17, 15) is 14.7 Å². The lowest BCUT2D eigenvalue weighted by Crippen LogP contribution is -2.51. The van der Waals surface area contributed by atoms with Gasteiger partial charge in [-0.2, -0.15) is 0 Å². The minimum absolute atomic E-state index is 0.0274. The number of esters is 1. The number of carbonyl (C=O) groups is 2. The van der Waals surface area contributed by atoms with Crippen molar-refractivity contribution in [3.63, 3.8) is 0 Å². The Bertz CT molecular complexity index is 752. The molecule has 2 saturated carbocycles. The van der Waals surface area contributed by atoms with Crippen molar-refractivity contribution >= 4 is 11.9 Å². The molecule has 1 heterocycles. The molecule has 164 valence electrons. The Morgan fingerprint density at radius 3 is 2.43 bits per heavy atom. The third kappa shape index (κ3) is 4.00. The van der Waals surface area contributed by atoms with Crippen molar-refractivity contribution in [1.82, 2.24) is 10.2 Å². The van der Waals surface area contributed by atoms with Crippen LogP contribution in [0.3, 0.4) is 0 Å². The van der Waals surface area contributed by atoms with Gasteiger partial charge < -0.3 is 20.1 Å². The summed E-state index contributed by atoms with van der Waals surface area (Å²) in [7, 11) is 0. The number of nitrogens with zero attached hydrogens (tertiary/aromatic N) is 1. The minimum atomic E-state index is -1.45. The van der Waals surface area contributed by atoms with E-state index in [1.54, 1.807) is 0 Å². The second-order valence-electron chi connectivity index (χ2n) is 9.31. The monoisotopic (exact) mass is 414 g/mol. The molecule has 4 rings (SSSR count). The summed E-state index contributed by atoms with van der Waals surface area (Å²) in [6.07, 6.45) is 3.90. The number of likely N-dealkylation sites (tertiary alicyclic amines) is 1. The van der Waals surface area contributed by atoms with Crippen LogP contribution in [0.1, 0.15) is 45.1 Å². The van der Waals surface area contributed by atoms with Gasteiger partial charge in [0.05, 0.1) is 12.5 Å². The van der Waals surface area contributed by atoms with E-state index in [1.165, 1.54) is 0 Å². The third-order valence-corrected chi connectivity index (χ3v) is 7.29. The molecule has 1 aliphatic heterocycles. The summed E-state index contributed by atoms with van der Waals surface area (Å²) >= 11 is 0. The van der Waals surface area contributed by atoms with Crippen molar-refractivity contribution in [3.8, 4) is 0 Å². The molecule has 6 heteroatoms. The van der Waals surface area contributed by atoms with Crippen LogP contribution >= 0.6 is 0 Å². The molecule has 1 saturated heterocycles. The fourth-order valence-electron chi connectivity index (χ4n) is 5.57. The number of amides is 1. The van der Waals surface area contributed by atoms with E-state index in [0.29, 0.717) is 30.6 Å². The van der Waals surface area contributed by atoms with Gasteiger partial charge >= 0.3 is 5.97 Å². The van der Waals surface area contributed by atoms with Crippen molar-refractivity contribution in [2.45, 2.75) is 51.2 Å². The summed E-state index contributed by atoms with van der Waals surface area (Å²) in [4.78, 5) is 27.5. The van der Waals surface area contributed by atoms with Gasteiger partial charge in [-0.15, -0.1) is 0 Å². The van der Waals surface area contributed by atoms with Gasteiger partial charge in [-0.05, 0) is 37.2 Å². The zero-order valence-corrected chi connectivity index (χ0v) is 18.0. The Labute approximate surface area is 179 Å². The minimum Gasteiger partial charge on any atom is -0.466 e. The fraction of sp³-hybridized carbons (Fsp3) is 0.667. The number of hydrogen-bond acceptors (Lipinski definition) is 5. The SMILES string of the molecule is CCOC(=O)C(C)CN1CC2C(NC(=O)C(O)(c3ccccc3)C3CCCC3)[C@@H]2C1. The molecule has 5 atom stereocenters. The molecule has 3 aliphatic rings. The van der Waals surface area contributed by atoms with Gasteiger partial charge in [-0.25, -0.2) is 0 Å². The van der Waals surface area contributed by atoms with Gasteiger partial charge in [-0.3, -0.25) is 9.59 Å². The quantitative estimate of drug-likeness (QED) is 0.638. The molecule has 0 spiro atoms. The lowest BCUT2D eigenvalue weighted by molar-refractivity contribution is -0.148. The third-order valence-electron chi connectivity index (χ3n) is 7.29. The number of rotatable bonds is 8. The van der Waals surface area contributed by atoms with Crippen molar-refractivity contribution < 1.29 is 19.4 Å². The fourth-order valence-corrected chi connectivity index (χ4v) is 5.57. The molecule has 6 nitrogen and oxygen atoms in total. The van der Waals surface area contributed by atoms with Crippen molar-refractivity contribution in [2.75, 3.05) is 26.2 Å². The Balaban J connectivity index is 1.35. The first-order valence-electron chi connectivity index (χ1n) is 11.4. The van der Waals surface area contributed by atoms with Crippen LogP contribution in [0.25, 0.3) is 0 Å². The number of aliphatic hydroxyl groups is 1. The van der Waals surface area contributed by atoms with Crippen molar-refractivity contribution in [1.29, 1.82) is 0 Å². The molecule has 0 radical (unpaired) electrons. The number of hydrogen-bond donors (Lipinski definition) is 2. The molecule has 1 amide bonds. The Hall–Kier alpha value is -1.92. The van der Waals surface area contributed by atoms with Crippen LogP contribution in [0, 0.1) is 23.7 Å². The maximum atomic E-state index is 13.3. The summed E-state index contributed by atoms with van der Waals surface area (Å²) < 4.78 is 5.10. The molecular formula is C24H34N2O4. The van der Waals surface area contributed by atoms with Gasteiger partial charge in [-0.1, -0.05) is 50.1 Å². The maximum Gasteiger partial charge on any atom is 0.309 e. The summed E-state index contributed by atoms with van der Waals surface area (Å²) in [6.45, 7) is 6.60. The zero-order valence-electron chi connectivity index (χ0n) is 18.0. The molecule has 2 aliphatic carbocycles. The summed E-state index contributed by atoms with van der Waals surface area (Å²) in [5.41, 5.74) is -0.752. The van der Waals surface area contributed by atoms with Crippen LogP contribution in [0.4, 0.5) is 0 Å². The first-order chi connectivity index (χ1) is 14.4. The summed E-state index contributed by atoms with van der Waals surface area (Å²) in [6, 6.07) is 9.54. The predicted molar refractivity (Wildman–Crippen MR) is 113 cm³/mol. The van der Waals surface area contributed by atoms with E-state index < -0.39 is 5.60 Å². The predicted octanol–water partition coefficient (Wildman–Crippen LogP) is 2.31. The molecule has 0 aromatic heterocycles. The highest BCUT2D eigenvalue weighted by atomic mass is 16.5. The first kappa shape index (κ1) is 21.3. The highest BCUT2D eigenvalue weighted by Crippen LogP contribution is 2.47. The Kier molecular flexibility index (Phi) is 6.16. The van der Waals surface area contributed by atoms with Crippen LogP contribution < -0.4 is 5.32 Å². The average Bonchev–Trinajstić information content (AvgIpc) is 3.17. The van der Waals surface area contributed by atoms with E-state index >= 15 is 0 Å². The van der Waals surface area contributed by atoms with Gasteiger partial charge in [0.15, 0.2) is 5.60 Å². The van der Waals surface area contributed by atoms with Crippen LogP contribution in [-0.2, 0) is 19.9 Å². The van der Waals surface area contributed by atoms with Crippen molar-refractivity contribution in [3.05, 3.63) is 35.9 Å². The molecule has 0 bridgehead atoms. The average molecular weight is 415 g/mol. The number of benzene rings is 1. The topological polar surface area (TPSA) is 78.9 Å². The molecule has 3 fully saturated rings. The second kappa shape index (κ2) is 8.67. The number of piperidine rings is 1. The number of fused-ring (bicyclic) bond motifs is 1. The normalized spacial score (nSPS) is 29.1. The summed E-state index contributed by atoms with van der Waals surface area (Å²) in [5, 5.41) is 14.8. The summed E-state index contributed by atoms with van der Waals surface area (Å²) in [5.74, 6) is 0.263. The van der Waals surface area contributed by atoms with E-state index in [4.69, 9.17) is 4.74 Å². The molecule has 1 aromatic carbocycles. The second-order valence-corrected chi connectivity index (χ2v) is 9.31. The van der Waals surface area contributed by atoms with Gasteiger partial charge in [0, 0.05) is 31.6 Å². The lowest BCUT2D eigenvalue weighted by Gasteiger charge is -2.34. The zero-order chi connectivity index (χ0) is 21.3. The first-order valence-corrected chi connectivity index (χ1v) is 11.4. The molecule has 1 aromatic rings. The van der Waals surface area contributed by atoms with Crippen LogP contribution in [-0.4, -0.2) is 54.2 Å². The number of nitrogens with one attached hydrogen (secondary N) is 1. The highest BCUT2D eigenvalue weighted by Gasteiger charge is 2.58. The molecule has 4 unspecified atom stereocenters. The molecule has 2 N–H and O–H groups in total. The highest BCUT2D eigenvalue weighted by molar-refractivity contribution is 5.87. The van der Waals surface area contributed by atoms with Crippen molar-refractivity contribution in [2.24, 2.45) is 23.7 Å². The van der Waals surface area contributed by atoms with Gasteiger partial charge in [0.1, 0.15) is 0 Å². The largest absolute Gasteiger partial charge is 0.466 e. The van der Waals surface area contributed by atoms with Gasteiger partial charge in [0.25, 0.3) is 5.91 Å². The smallest absolute Gasteiger partial charge is 0.309 e. The maximum absolute atomic E-state index is 13.3. The Morgan fingerprint density at radius 1 is 1.20 bits per heavy atom. The van der Waals surface area contributed by atoms with E-state index in [-0.39, 0.29) is 29.8 Å². The number of ether oxygens (including phenoxy) is 1. The van der Waals surface area contributed by atoms with Gasteiger partial charge in [0.2, 0.25) is 0 Å². The number of carbonyl (C=O) groups excluding carboxylic acids is 2. The van der Waals surface area contributed by atoms with Crippen LogP contribution in [0.2, 0.25) is 0 Å².